The van der Waals surface area contributed by atoms with Crippen molar-refractivity contribution in [2.75, 3.05) is 39.9 Å². The highest BCUT2D eigenvalue weighted by Crippen LogP contribution is 2.32. The largest absolute Gasteiger partial charge is 0.385 e. The van der Waals surface area contributed by atoms with Crippen molar-refractivity contribution in [3.8, 4) is 0 Å². The molecule has 1 aromatic rings. The summed E-state index contributed by atoms with van der Waals surface area (Å²) in [6.07, 6.45) is 5.69. The van der Waals surface area contributed by atoms with Gasteiger partial charge in [-0.2, -0.15) is 0 Å². The Hall–Kier alpha value is -1.36. The molecular formula is C21H29ClN2O2. The molecule has 2 fully saturated rings. The van der Waals surface area contributed by atoms with Gasteiger partial charge >= 0.3 is 0 Å². The van der Waals surface area contributed by atoms with E-state index in [2.05, 4.69) is 28.0 Å². The molecule has 0 spiro atoms. The zero-order chi connectivity index (χ0) is 18.4. The molecule has 2 atom stereocenters. The number of piperidine rings is 2. The summed E-state index contributed by atoms with van der Waals surface area (Å²) in [6.45, 7) is 4.35. The van der Waals surface area contributed by atoms with Crippen molar-refractivity contribution < 1.29 is 9.53 Å². The van der Waals surface area contributed by atoms with Gasteiger partial charge in [0.1, 0.15) is 0 Å². The van der Waals surface area contributed by atoms with E-state index in [0.29, 0.717) is 30.9 Å². The molecule has 4 nitrogen and oxygen atoms in total. The Balaban J connectivity index is 1.56. The molecule has 26 heavy (non-hydrogen) atoms. The van der Waals surface area contributed by atoms with Gasteiger partial charge in [-0.3, -0.25) is 9.69 Å². The molecule has 1 aromatic carbocycles. The van der Waals surface area contributed by atoms with E-state index in [-0.39, 0.29) is 0 Å². The Morgan fingerprint density at radius 3 is 2.88 bits per heavy atom. The summed E-state index contributed by atoms with van der Waals surface area (Å²) < 4.78 is 5.15. The molecule has 0 aromatic heterocycles. The predicted molar refractivity (Wildman–Crippen MR) is 106 cm³/mol. The lowest BCUT2D eigenvalue weighted by atomic mass is 9.83. The molecule has 0 bridgehead atoms. The Bertz CT molecular complexity index is 620. The summed E-state index contributed by atoms with van der Waals surface area (Å²) >= 11 is 6.50. The Morgan fingerprint density at radius 1 is 1.31 bits per heavy atom. The second-order valence-electron chi connectivity index (χ2n) is 7.33. The first-order chi connectivity index (χ1) is 12.7. The number of amides is 1. The SMILES string of the molecule is COCCCN1C(=O)CC[C@@H]2CN(C/C(Cl)=C/c3ccccc3)CC[C@@H]21. The summed E-state index contributed by atoms with van der Waals surface area (Å²) in [6, 6.07) is 10.6. The maximum absolute atomic E-state index is 12.3. The quantitative estimate of drug-likeness (QED) is 0.681. The van der Waals surface area contributed by atoms with Gasteiger partial charge in [0.15, 0.2) is 0 Å². The monoisotopic (exact) mass is 376 g/mol. The molecule has 142 valence electrons. The van der Waals surface area contributed by atoms with Gasteiger partial charge in [-0.05, 0) is 36.8 Å². The molecule has 3 rings (SSSR count). The number of hydrogen-bond acceptors (Lipinski definition) is 3. The van der Waals surface area contributed by atoms with Crippen LogP contribution < -0.4 is 0 Å². The minimum absolute atomic E-state index is 0.317. The number of likely N-dealkylation sites (tertiary alicyclic amines) is 2. The molecule has 0 unspecified atom stereocenters. The van der Waals surface area contributed by atoms with Gasteiger partial charge in [0.25, 0.3) is 0 Å². The summed E-state index contributed by atoms with van der Waals surface area (Å²) in [5, 5.41) is 0.874. The van der Waals surface area contributed by atoms with Crippen LogP contribution in [0.3, 0.4) is 0 Å². The molecule has 0 radical (unpaired) electrons. The van der Waals surface area contributed by atoms with Crippen LogP contribution >= 0.6 is 11.6 Å². The van der Waals surface area contributed by atoms with E-state index in [0.717, 1.165) is 56.0 Å². The van der Waals surface area contributed by atoms with E-state index in [1.54, 1.807) is 7.11 Å². The number of benzene rings is 1. The van der Waals surface area contributed by atoms with Gasteiger partial charge < -0.3 is 9.64 Å². The van der Waals surface area contributed by atoms with E-state index in [1.807, 2.05) is 18.2 Å². The molecule has 2 saturated heterocycles. The Labute approximate surface area is 161 Å². The molecule has 0 saturated carbocycles. The van der Waals surface area contributed by atoms with Crippen LogP contribution in [-0.2, 0) is 9.53 Å². The summed E-state index contributed by atoms with van der Waals surface area (Å²) in [4.78, 5) is 16.9. The normalized spacial score (nSPS) is 24.6. The first kappa shape index (κ1) is 19.4. The van der Waals surface area contributed by atoms with Crippen LogP contribution in [0.5, 0.6) is 0 Å². The number of fused-ring (bicyclic) bond motifs is 1. The lowest BCUT2D eigenvalue weighted by molar-refractivity contribution is -0.141. The van der Waals surface area contributed by atoms with E-state index in [9.17, 15) is 4.79 Å². The third-order valence-corrected chi connectivity index (χ3v) is 5.70. The number of nitrogens with zero attached hydrogens (tertiary/aromatic N) is 2. The number of hydrogen-bond donors (Lipinski definition) is 0. The lowest BCUT2D eigenvalue weighted by Crippen LogP contribution is -2.56. The minimum Gasteiger partial charge on any atom is -0.385 e. The zero-order valence-electron chi connectivity index (χ0n) is 15.6. The number of rotatable bonds is 7. The number of ether oxygens (including phenoxy) is 1. The van der Waals surface area contributed by atoms with E-state index in [1.165, 1.54) is 0 Å². The average molecular weight is 377 g/mol. The predicted octanol–water partition coefficient (Wildman–Crippen LogP) is 3.62. The molecule has 0 N–H and O–H groups in total. The van der Waals surface area contributed by atoms with Crippen molar-refractivity contribution in [3.05, 3.63) is 40.9 Å². The van der Waals surface area contributed by atoms with Crippen molar-refractivity contribution in [3.63, 3.8) is 0 Å². The van der Waals surface area contributed by atoms with Crippen LogP contribution in [0.4, 0.5) is 0 Å². The fourth-order valence-corrected chi connectivity index (χ4v) is 4.52. The smallest absolute Gasteiger partial charge is 0.222 e. The van der Waals surface area contributed by atoms with Gasteiger partial charge in [-0.25, -0.2) is 0 Å². The third-order valence-electron chi connectivity index (χ3n) is 5.47. The maximum Gasteiger partial charge on any atom is 0.222 e. The van der Waals surface area contributed by atoms with E-state index < -0.39 is 0 Å². The Kier molecular flexibility index (Phi) is 7.12. The topological polar surface area (TPSA) is 32.8 Å². The lowest BCUT2D eigenvalue weighted by Gasteiger charge is -2.47. The van der Waals surface area contributed by atoms with Crippen LogP contribution in [0.1, 0.15) is 31.2 Å². The molecule has 2 aliphatic heterocycles. The number of halogens is 1. The summed E-state index contributed by atoms with van der Waals surface area (Å²) in [5.74, 6) is 0.878. The molecule has 0 aliphatic carbocycles. The number of carbonyl (C=O) groups is 1. The highest BCUT2D eigenvalue weighted by molar-refractivity contribution is 6.31. The first-order valence-electron chi connectivity index (χ1n) is 9.59. The number of methoxy groups -OCH3 is 1. The molecule has 5 heteroatoms. The van der Waals surface area contributed by atoms with Gasteiger partial charge in [-0.1, -0.05) is 41.9 Å². The van der Waals surface area contributed by atoms with Crippen molar-refractivity contribution in [2.24, 2.45) is 5.92 Å². The fourth-order valence-electron chi connectivity index (χ4n) is 4.23. The summed E-state index contributed by atoms with van der Waals surface area (Å²) in [5.41, 5.74) is 1.14. The van der Waals surface area contributed by atoms with E-state index in [4.69, 9.17) is 16.3 Å². The van der Waals surface area contributed by atoms with Crippen LogP contribution in [-0.4, -0.2) is 61.6 Å². The van der Waals surface area contributed by atoms with Gasteiger partial charge in [0, 0.05) is 57.4 Å². The van der Waals surface area contributed by atoms with E-state index >= 15 is 0 Å². The second kappa shape index (κ2) is 9.54. The van der Waals surface area contributed by atoms with Crippen molar-refractivity contribution >= 4 is 23.6 Å². The molecule has 1 amide bonds. The fraction of sp³-hybridized carbons (Fsp3) is 0.571. The highest BCUT2D eigenvalue weighted by atomic mass is 35.5. The molecule has 2 heterocycles. The molecular weight excluding hydrogens is 348 g/mol. The highest BCUT2D eigenvalue weighted by Gasteiger charge is 2.38. The van der Waals surface area contributed by atoms with Crippen LogP contribution in [0.15, 0.2) is 35.4 Å². The van der Waals surface area contributed by atoms with Crippen LogP contribution in [0, 0.1) is 5.92 Å². The van der Waals surface area contributed by atoms with Crippen molar-refractivity contribution in [2.45, 2.75) is 31.7 Å². The average Bonchev–Trinajstić information content (AvgIpc) is 2.64. The van der Waals surface area contributed by atoms with Gasteiger partial charge in [0.2, 0.25) is 5.91 Å². The zero-order valence-corrected chi connectivity index (χ0v) is 16.3. The van der Waals surface area contributed by atoms with Crippen LogP contribution in [0.25, 0.3) is 6.08 Å². The van der Waals surface area contributed by atoms with Crippen molar-refractivity contribution in [1.82, 2.24) is 9.80 Å². The van der Waals surface area contributed by atoms with Crippen molar-refractivity contribution in [1.29, 1.82) is 0 Å². The maximum atomic E-state index is 12.3. The summed E-state index contributed by atoms with van der Waals surface area (Å²) in [7, 11) is 1.71. The first-order valence-corrected chi connectivity index (χ1v) is 9.97. The standard InChI is InChI=1S/C21H29ClN2O2/c1-26-13-5-11-24-20-10-12-23(15-18(20)8-9-21(24)25)16-19(22)14-17-6-3-2-4-7-17/h2-4,6-7,14,18,20H,5,8-13,15-16H2,1H3/b19-14-/t18-,20+/m1/s1. The van der Waals surface area contributed by atoms with Gasteiger partial charge in [-0.15, -0.1) is 0 Å². The third kappa shape index (κ3) is 5.09. The number of carbonyl (C=O) groups excluding carboxylic acids is 1. The Morgan fingerprint density at radius 2 is 2.12 bits per heavy atom. The second-order valence-corrected chi connectivity index (χ2v) is 7.81. The minimum atomic E-state index is 0.317. The molecule has 2 aliphatic rings. The van der Waals surface area contributed by atoms with Crippen LogP contribution in [0.2, 0.25) is 0 Å². The van der Waals surface area contributed by atoms with Gasteiger partial charge in [0.05, 0.1) is 0 Å².